The molecule has 2 aromatic rings. The smallest absolute Gasteiger partial charge is 0.275 e. The number of hydrogen-bond donors (Lipinski definition) is 6. The van der Waals surface area contributed by atoms with Gasteiger partial charge < -0.3 is 30.6 Å². The summed E-state index contributed by atoms with van der Waals surface area (Å²) in [4.78, 5) is 21.3. The first-order valence-electron chi connectivity index (χ1n) is 6.33. The number of rotatable bonds is 2. The highest BCUT2D eigenvalue weighted by Crippen LogP contribution is 2.32. The van der Waals surface area contributed by atoms with Crippen LogP contribution in [0.1, 0.15) is 17.3 Å². The molecule has 8 nitrogen and oxygen atoms in total. The average Bonchev–Trinajstić information content (AvgIpc) is 2.90. The minimum Gasteiger partial charge on any atom is -0.395 e. The van der Waals surface area contributed by atoms with Gasteiger partial charge in [0.15, 0.2) is 0 Å². The Labute approximate surface area is 113 Å². The first-order valence-corrected chi connectivity index (χ1v) is 6.33. The molecule has 1 aliphatic rings. The van der Waals surface area contributed by atoms with E-state index in [1.807, 2.05) is 0 Å². The Morgan fingerprint density at radius 3 is 2.75 bits per heavy atom. The molecular weight excluding hydrogens is 264 g/mol. The molecule has 0 radical (unpaired) electrons. The molecule has 0 aliphatic carbocycles. The number of fused-ring (bicyclic) bond motifs is 1. The van der Waals surface area contributed by atoms with Gasteiger partial charge in [0, 0.05) is 11.3 Å². The van der Waals surface area contributed by atoms with Gasteiger partial charge in [-0.1, -0.05) is 0 Å². The molecule has 3 rings (SSSR count). The largest absolute Gasteiger partial charge is 0.395 e. The van der Waals surface area contributed by atoms with Gasteiger partial charge in [-0.05, 0) is 6.92 Å². The van der Waals surface area contributed by atoms with E-state index in [4.69, 9.17) is 0 Å². The van der Waals surface area contributed by atoms with Gasteiger partial charge >= 0.3 is 0 Å². The third-order valence-electron chi connectivity index (χ3n) is 3.83. The van der Waals surface area contributed by atoms with E-state index in [9.17, 15) is 20.1 Å². The number of nitrogens with zero attached hydrogens (tertiary/aromatic N) is 1. The Morgan fingerprint density at radius 2 is 2.10 bits per heavy atom. The van der Waals surface area contributed by atoms with Crippen LogP contribution in [0.15, 0.2) is 11.1 Å². The van der Waals surface area contributed by atoms with E-state index in [0.717, 1.165) is 0 Å². The fourth-order valence-corrected chi connectivity index (χ4v) is 2.81. The first kappa shape index (κ1) is 13.3. The lowest BCUT2D eigenvalue weighted by atomic mass is 10.0. The van der Waals surface area contributed by atoms with Crippen molar-refractivity contribution in [2.75, 3.05) is 6.61 Å². The summed E-state index contributed by atoms with van der Waals surface area (Å²) in [5.41, 5.74) is 1.81. The van der Waals surface area contributed by atoms with Crippen LogP contribution < -0.4 is 10.9 Å². The van der Waals surface area contributed by atoms with Crippen LogP contribution in [-0.4, -0.2) is 55.1 Å². The molecule has 2 aromatic heterocycles. The molecule has 0 amide bonds. The van der Waals surface area contributed by atoms with Crippen molar-refractivity contribution in [2.24, 2.45) is 0 Å². The summed E-state index contributed by atoms with van der Waals surface area (Å²) in [7, 11) is 0. The van der Waals surface area contributed by atoms with E-state index < -0.39 is 24.3 Å². The van der Waals surface area contributed by atoms with Crippen molar-refractivity contribution in [1.29, 1.82) is 0 Å². The van der Waals surface area contributed by atoms with Crippen LogP contribution in [0.5, 0.6) is 0 Å². The standard InChI is InChI=1S/C12H16N4O4/c1-4-6(7-9(15-4)12(20)14-3-13-7)8-11(19)10(18)5(2-17)16-8/h3,5,8,10-11,15-19H,2H2,1H3,(H,13,14,20)/t5-,8+,10+,11?/m1/s1. The van der Waals surface area contributed by atoms with E-state index in [1.54, 1.807) is 6.92 Å². The molecular formula is C12H16N4O4. The summed E-state index contributed by atoms with van der Waals surface area (Å²) in [6.45, 7) is 1.48. The number of H-pyrrole nitrogens is 2. The number of aryl methyl sites for hydroxylation is 1. The second-order valence-corrected chi connectivity index (χ2v) is 5.03. The monoisotopic (exact) mass is 280 g/mol. The Kier molecular flexibility index (Phi) is 3.09. The van der Waals surface area contributed by atoms with Crippen molar-refractivity contribution in [1.82, 2.24) is 20.3 Å². The van der Waals surface area contributed by atoms with Crippen LogP contribution in [0, 0.1) is 6.92 Å². The van der Waals surface area contributed by atoms with Gasteiger partial charge in [-0.3, -0.25) is 4.79 Å². The van der Waals surface area contributed by atoms with Gasteiger partial charge in [0.25, 0.3) is 5.56 Å². The average molecular weight is 280 g/mol. The van der Waals surface area contributed by atoms with Gasteiger partial charge in [0.05, 0.1) is 31.1 Å². The highest BCUT2D eigenvalue weighted by atomic mass is 16.3. The van der Waals surface area contributed by atoms with Crippen molar-refractivity contribution in [3.63, 3.8) is 0 Å². The zero-order valence-electron chi connectivity index (χ0n) is 10.8. The molecule has 1 unspecified atom stereocenters. The normalized spacial score (nSPS) is 30.2. The fourth-order valence-electron chi connectivity index (χ4n) is 2.81. The van der Waals surface area contributed by atoms with Gasteiger partial charge in [-0.15, -0.1) is 0 Å². The molecule has 1 aliphatic heterocycles. The lowest BCUT2D eigenvalue weighted by Gasteiger charge is -2.16. The summed E-state index contributed by atoms with van der Waals surface area (Å²) in [6.07, 6.45) is -0.856. The van der Waals surface area contributed by atoms with Gasteiger partial charge in [-0.25, -0.2) is 4.98 Å². The SMILES string of the molecule is Cc1[nH]c2c(=O)[nH]cnc2c1[C@@H]1N[C@H](CO)[C@H](O)C1O. The molecule has 0 saturated carbocycles. The predicted octanol–water partition coefficient (Wildman–Crippen LogP) is -1.71. The van der Waals surface area contributed by atoms with Crippen molar-refractivity contribution >= 4 is 11.0 Å². The molecule has 1 fully saturated rings. The van der Waals surface area contributed by atoms with Crippen LogP contribution in [0.4, 0.5) is 0 Å². The van der Waals surface area contributed by atoms with Crippen molar-refractivity contribution in [2.45, 2.75) is 31.2 Å². The lowest BCUT2D eigenvalue weighted by molar-refractivity contribution is 0.0195. The van der Waals surface area contributed by atoms with E-state index in [2.05, 4.69) is 20.3 Å². The minimum atomic E-state index is -1.08. The van der Waals surface area contributed by atoms with Crippen LogP contribution in [-0.2, 0) is 0 Å². The molecule has 0 aromatic carbocycles. The lowest BCUT2D eigenvalue weighted by Crippen LogP contribution is -2.35. The summed E-state index contributed by atoms with van der Waals surface area (Å²) >= 11 is 0. The van der Waals surface area contributed by atoms with E-state index in [1.165, 1.54) is 6.33 Å². The second-order valence-electron chi connectivity index (χ2n) is 5.03. The van der Waals surface area contributed by atoms with Gasteiger partial charge in [0.2, 0.25) is 0 Å². The minimum absolute atomic E-state index is 0.288. The molecule has 20 heavy (non-hydrogen) atoms. The zero-order valence-corrected chi connectivity index (χ0v) is 10.8. The van der Waals surface area contributed by atoms with Gasteiger partial charge in [0.1, 0.15) is 17.1 Å². The number of nitrogens with one attached hydrogen (secondary N) is 3. The number of aromatic amines is 2. The van der Waals surface area contributed by atoms with E-state index >= 15 is 0 Å². The number of hydrogen-bond acceptors (Lipinski definition) is 6. The van der Waals surface area contributed by atoms with Crippen LogP contribution in [0.25, 0.3) is 11.0 Å². The second kappa shape index (κ2) is 4.67. The van der Waals surface area contributed by atoms with Crippen molar-refractivity contribution in [3.8, 4) is 0 Å². The summed E-state index contributed by atoms with van der Waals surface area (Å²) < 4.78 is 0. The zero-order chi connectivity index (χ0) is 14.4. The first-order chi connectivity index (χ1) is 9.54. The summed E-state index contributed by atoms with van der Waals surface area (Å²) in [5.74, 6) is 0. The maximum Gasteiger partial charge on any atom is 0.275 e. The Balaban J connectivity index is 2.14. The molecule has 0 spiro atoms. The van der Waals surface area contributed by atoms with Crippen molar-refractivity contribution < 1.29 is 15.3 Å². The third kappa shape index (κ3) is 1.77. The molecule has 108 valence electrons. The highest BCUT2D eigenvalue weighted by molar-refractivity contribution is 5.80. The number of aliphatic hydroxyl groups is 3. The highest BCUT2D eigenvalue weighted by Gasteiger charge is 2.43. The number of aromatic nitrogens is 3. The molecule has 1 saturated heterocycles. The van der Waals surface area contributed by atoms with Crippen LogP contribution >= 0.6 is 0 Å². The molecule has 4 atom stereocenters. The number of aliphatic hydroxyl groups excluding tert-OH is 3. The summed E-state index contributed by atoms with van der Waals surface area (Å²) in [5, 5.41) is 32.2. The Morgan fingerprint density at radius 1 is 1.35 bits per heavy atom. The molecule has 3 heterocycles. The van der Waals surface area contributed by atoms with Gasteiger partial charge in [-0.2, -0.15) is 0 Å². The molecule has 8 heteroatoms. The molecule has 0 bridgehead atoms. The van der Waals surface area contributed by atoms with Crippen LogP contribution in [0.2, 0.25) is 0 Å². The quantitative estimate of drug-likeness (QED) is 0.388. The van der Waals surface area contributed by atoms with E-state index in [-0.39, 0.29) is 12.2 Å². The predicted molar refractivity (Wildman–Crippen MR) is 70.2 cm³/mol. The Hall–Kier alpha value is -1.74. The maximum absolute atomic E-state index is 11.7. The maximum atomic E-state index is 11.7. The van der Waals surface area contributed by atoms with Crippen LogP contribution in [0.3, 0.4) is 0 Å². The summed E-state index contributed by atoms with van der Waals surface area (Å²) in [6, 6.07) is -1.20. The molecule has 6 N–H and O–H groups in total. The van der Waals surface area contributed by atoms with Crippen molar-refractivity contribution in [3.05, 3.63) is 27.9 Å². The fraction of sp³-hybridized carbons (Fsp3) is 0.500. The topological polar surface area (TPSA) is 134 Å². The van der Waals surface area contributed by atoms with E-state index in [0.29, 0.717) is 22.3 Å². The third-order valence-corrected chi connectivity index (χ3v) is 3.83. The Bertz CT molecular complexity index is 694.